The van der Waals surface area contributed by atoms with Gasteiger partial charge in [-0.3, -0.25) is 0 Å². The normalized spacial score (nSPS) is 14.0. The van der Waals surface area contributed by atoms with E-state index in [2.05, 4.69) is 103 Å². The van der Waals surface area contributed by atoms with Gasteiger partial charge in [-0.25, -0.2) is 0 Å². The fourth-order valence-corrected chi connectivity index (χ4v) is 15.1. The monoisotopic (exact) mass is 430 g/mol. The zero-order chi connectivity index (χ0) is 14.8. The van der Waals surface area contributed by atoms with Gasteiger partial charge in [-0.05, 0) is 10.6 Å². The molecule has 0 heterocycles. The molecule has 0 bridgehead atoms. The van der Waals surface area contributed by atoms with Crippen LogP contribution in [0.15, 0.2) is 60.7 Å². The SMILES string of the molecule is C[Si](C)(C)[C@@H](I)P(=S)(c1ccccc1)c1ccccc1. The molecule has 0 unspecified atom stereocenters. The average Bonchev–Trinajstić information content (AvgIpc) is 2.46. The predicted octanol–water partition coefficient (Wildman–Crippen LogP) is 4.76. The van der Waals surface area contributed by atoms with Crippen LogP contribution in [0.2, 0.25) is 19.6 Å². The zero-order valence-electron chi connectivity index (χ0n) is 12.1. The second-order valence-electron chi connectivity index (χ2n) is 6.03. The smallest absolute Gasteiger partial charge is 0.0657 e. The molecule has 0 aliphatic heterocycles. The highest BCUT2D eigenvalue weighted by Crippen LogP contribution is 2.55. The third kappa shape index (κ3) is 3.27. The molecular weight excluding hydrogens is 410 g/mol. The molecule has 0 nitrogen and oxygen atoms in total. The Bertz CT molecular complexity index is 564. The van der Waals surface area contributed by atoms with Gasteiger partial charge in [0.15, 0.2) is 0 Å². The molecule has 0 aliphatic carbocycles. The van der Waals surface area contributed by atoms with Gasteiger partial charge in [0.25, 0.3) is 0 Å². The van der Waals surface area contributed by atoms with E-state index in [0.29, 0.717) is 3.29 Å². The molecule has 0 aromatic heterocycles. The van der Waals surface area contributed by atoms with Gasteiger partial charge in [0.05, 0.1) is 8.07 Å². The maximum atomic E-state index is 6.34. The predicted molar refractivity (Wildman–Crippen MR) is 108 cm³/mol. The minimum atomic E-state index is -1.75. The van der Waals surface area contributed by atoms with Gasteiger partial charge < -0.3 is 0 Å². The Morgan fingerprint density at radius 2 is 1.20 bits per heavy atom. The lowest BCUT2D eigenvalue weighted by molar-refractivity contribution is 1.62. The summed E-state index contributed by atoms with van der Waals surface area (Å²) < 4.78 is 0.562. The first-order chi connectivity index (χ1) is 9.37. The van der Waals surface area contributed by atoms with Crippen LogP contribution in [-0.4, -0.2) is 11.4 Å². The Labute approximate surface area is 142 Å². The fraction of sp³-hybridized carbons (Fsp3) is 0.250. The highest BCUT2D eigenvalue weighted by atomic mass is 127. The van der Waals surface area contributed by atoms with Crippen LogP contribution in [0.25, 0.3) is 0 Å². The van der Waals surface area contributed by atoms with E-state index in [4.69, 9.17) is 11.8 Å². The van der Waals surface area contributed by atoms with Crippen molar-refractivity contribution in [3.8, 4) is 0 Å². The van der Waals surface area contributed by atoms with Crippen molar-refractivity contribution < 1.29 is 0 Å². The Hall–Kier alpha value is 0.0369. The topological polar surface area (TPSA) is 0 Å². The molecule has 4 heteroatoms. The van der Waals surface area contributed by atoms with Crippen LogP contribution in [0.3, 0.4) is 0 Å². The van der Waals surface area contributed by atoms with Gasteiger partial charge in [-0.15, -0.1) is 0 Å². The van der Waals surface area contributed by atoms with E-state index in [-0.39, 0.29) is 0 Å². The Morgan fingerprint density at radius 1 is 0.850 bits per heavy atom. The summed E-state index contributed by atoms with van der Waals surface area (Å²) in [7, 11) is -1.33. The number of hydrogen-bond donors (Lipinski definition) is 0. The second-order valence-corrected chi connectivity index (χ2v) is 19.8. The quantitative estimate of drug-likeness (QED) is 0.292. The minimum Gasteiger partial charge on any atom is -0.0868 e. The molecule has 1 atom stereocenters. The lowest BCUT2D eigenvalue weighted by Crippen LogP contribution is -2.38. The fourth-order valence-electron chi connectivity index (χ4n) is 2.26. The van der Waals surface area contributed by atoms with Gasteiger partial charge in [-0.1, -0.05) is 115 Å². The molecule has 0 spiro atoms. The van der Waals surface area contributed by atoms with Crippen LogP contribution in [0.4, 0.5) is 0 Å². The highest BCUT2D eigenvalue weighted by molar-refractivity contribution is 14.1. The van der Waals surface area contributed by atoms with Gasteiger partial charge in [0.1, 0.15) is 0 Å². The Kier molecular flexibility index (Phi) is 5.27. The van der Waals surface area contributed by atoms with Crippen molar-refractivity contribution in [1.82, 2.24) is 0 Å². The molecule has 0 radical (unpaired) electrons. The first-order valence-electron chi connectivity index (χ1n) is 6.72. The first kappa shape index (κ1) is 16.4. The van der Waals surface area contributed by atoms with Crippen molar-refractivity contribution in [1.29, 1.82) is 0 Å². The molecular formula is C16H20IPSSi. The van der Waals surface area contributed by atoms with Crippen LogP contribution >= 0.6 is 28.6 Å². The third-order valence-corrected chi connectivity index (χ3v) is 22.7. The Balaban J connectivity index is 2.65. The molecule has 0 saturated carbocycles. The Morgan fingerprint density at radius 3 is 1.50 bits per heavy atom. The summed E-state index contributed by atoms with van der Waals surface area (Å²) in [5.74, 6) is 0. The van der Waals surface area contributed by atoms with E-state index in [0.717, 1.165) is 0 Å². The lowest BCUT2D eigenvalue weighted by atomic mass is 10.4. The highest BCUT2D eigenvalue weighted by Gasteiger charge is 2.38. The number of alkyl halides is 1. The average molecular weight is 430 g/mol. The van der Waals surface area contributed by atoms with Crippen molar-refractivity contribution in [3.05, 3.63) is 60.7 Å². The van der Waals surface area contributed by atoms with Crippen molar-refractivity contribution in [3.63, 3.8) is 0 Å². The molecule has 2 aromatic rings. The van der Waals surface area contributed by atoms with Gasteiger partial charge >= 0.3 is 0 Å². The second kappa shape index (κ2) is 6.43. The van der Waals surface area contributed by atoms with Crippen molar-refractivity contribution >= 4 is 59.1 Å². The molecule has 2 rings (SSSR count). The summed E-state index contributed by atoms with van der Waals surface area (Å²) in [6.45, 7) is 7.28. The van der Waals surface area contributed by atoms with Crippen LogP contribution in [0.1, 0.15) is 0 Å². The van der Waals surface area contributed by atoms with Gasteiger partial charge in [0.2, 0.25) is 0 Å². The maximum Gasteiger partial charge on any atom is 0.0657 e. The third-order valence-electron chi connectivity index (χ3n) is 3.31. The van der Waals surface area contributed by atoms with E-state index in [1.54, 1.807) is 0 Å². The van der Waals surface area contributed by atoms with Crippen molar-refractivity contribution in [2.45, 2.75) is 22.9 Å². The molecule has 0 amide bonds. The summed E-state index contributed by atoms with van der Waals surface area (Å²) in [5.41, 5.74) is 0. The summed E-state index contributed by atoms with van der Waals surface area (Å²) in [4.78, 5) is 0. The number of rotatable bonds is 4. The minimum absolute atomic E-state index is 0.562. The molecule has 20 heavy (non-hydrogen) atoms. The van der Waals surface area contributed by atoms with Crippen LogP contribution < -0.4 is 10.6 Å². The number of benzene rings is 2. The summed E-state index contributed by atoms with van der Waals surface area (Å²) >= 11 is 8.99. The molecule has 0 saturated heterocycles. The van der Waals surface area contributed by atoms with Crippen LogP contribution in [-0.2, 0) is 11.8 Å². The largest absolute Gasteiger partial charge is 0.0868 e. The van der Waals surface area contributed by atoms with E-state index in [1.165, 1.54) is 10.6 Å². The van der Waals surface area contributed by atoms with Crippen molar-refractivity contribution in [2.24, 2.45) is 0 Å². The molecule has 106 valence electrons. The summed E-state index contributed by atoms with van der Waals surface area (Å²) in [6.07, 6.45) is 0. The van der Waals surface area contributed by atoms with Gasteiger partial charge in [-0.2, -0.15) is 0 Å². The van der Waals surface area contributed by atoms with Crippen LogP contribution in [0, 0.1) is 0 Å². The molecule has 2 aromatic carbocycles. The number of hydrogen-bond acceptors (Lipinski definition) is 1. The van der Waals surface area contributed by atoms with E-state index >= 15 is 0 Å². The number of halogens is 1. The van der Waals surface area contributed by atoms with Crippen LogP contribution in [0.5, 0.6) is 0 Å². The van der Waals surface area contributed by atoms with E-state index in [1.807, 2.05) is 0 Å². The van der Waals surface area contributed by atoms with E-state index < -0.39 is 14.1 Å². The maximum absolute atomic E-state index is 6.34. The standard InChI is InChI=1S/C16H20IPSSi/c1-20(2,3)16(17)18(19,14-10-6-4-7-11-14)15-12-8-5-9-13-15/h4-13,16H,1-3H3/t16-/m0/s1. The molecule has 0 aliphatic rings. The van der Waals surface area contributed by atoms with Gasteiger partial charge in [0, 0.05) is 9.33 Å². The van der Waals surface area contributed by atoms with E-state index in [9.17, 15) is 0 Å². The summed E-state index contributed by atoms with van der Waals surface area (Å²) in [6, 6.07) is 19.8. The molecule has 0 N–H and O–H groups in total. The van der Waals surface area contributed by atoms with Crippen molar-refractivity contribution in [2.75, 3.05) is 0 Å². The first-order valence-corrected chi connectivity index (χ1v) is 14.4. The zero-order valence-corrected chi connectivity index (χ0v) is 17.0. The lowest BCUT2D eigenvalue weighted by Gasteiger charge is -2.36. The summed E-state index contributed by atoms with van der Waals surface area (Å²) in [5, 5.41) is 2.70. The molecule has 0 fully saturated rings.